The topological polar surface area (TPSA) is 24.9 Å². The summed E-state index contributed by atoms with van der Waals surface area (Å²) in [5.74, 6) is 0. The normalized spacial score (nSPS) is 11.1. The highest BCUT2D eigenvalue weighted by molar-refractivity contribution is 6.31. The fourth-order valence-corrected chi connectivity index (χ4v) is 2.49. The Hall–Kier alpha value is -1.12. The second-order valence-corrected chi connectivity index (χ2v) is 5.15. The van der Waals surface area contributed by atoms with E-state index in [1.165, 1.54) is 5.56 Å². The molecule has 1 aromatic heterocycles. The lowest BCUT2D eigenvalue weighted by Crippen LogP contribution is -2.14. The molecule has 0 saturated carbocycles. The predicted octanol–water partition coefficient (Wildman–Crippen LogP) is 4.00. The highest BCUT2D eigenvalue weighted by Crippen LogP contribution is 2.25. The molecular weight excluding hydrogens is 244 g/mol. The molecule has 0 amide bonds. The van der Waals surface area contributed by atoms with E-state index in [9.17, 15) is 0 Å². The summed E-state index contributed by atoms with van der Waals surface area (Å²) >= 11 is 6.15. The number of nitrogens with zero attached hydrogens (tertiary/aromatic N) is 1. The van der Waals surface area contributed by atoms with Crippen LogP contribution >= 0.6 is 11.6 Å². The Kier molecular flexibility index (Phi) is 4.20. The molecule has 2 rings (SSSR count). The lowest BCUT2D eigenvalue weighted by Gasteiger charge is -2.11. The highest BCUT2D eigenvalue weighted by atomic mass is 35.5. The third-order valence-electron chi connectivity index (χ3n) is 3.02. The summed E-state index contributed by atoms with van der Waals surface area (Å²) in [6, 6.07) is 6.12. The average Bonchev–Trinajstić information content (AvgIpc) is 2.31. The summed E-state index contributed by atoms with van der Waals surface area (Å²) in [4.78, 5) is 4.62. The van der Waals surface area contributed by atoms with Gasteiger partial charge in [0.1, 0.15) is 0 Å². The first-order valence-corrected chi connectivity index (χ1v) is 6.76. The fourth-order valence-electron chi connectivity index (χ4n) is 2.21. The van der Waals surface area contributed by atoms with Gasteiger partial charge in [0, 0.05) is 22.6 Å². The Morgan fingerprint density at radius 3 is 2.72 bits per heavy atom. The van der Waals surface area contributed by atoms with Crippen LogP contribution in [0.25, 0.3) is 10.9 Å². The number of rotatable bonds is 4. The number of aromatic nitrogens is 1. The van der Waals surface area contributed by atoms with E-state index < -0.39 is 0 Å². The summed E-state index contributed by atoms with van der Waals surface area (Å²) in [5.41, 5.74) is 4.53. The van der Waals surface area contributed by atoms with Gasteiger partial charge in [-0.15, -0.1) is 0 Å². The van der Waals surface area contributed by atoms with Crippen molar-refractivity contribution in [3.05, 3.63) is 40.0 Å². The van der Waals surface area contributed by atoms with Crippen LogP contribution in [0.15, 0.2) is 18.2 Å². The highest BCUT2D eigenvalue weighted by Gasteiger charge is 2.07. The molecule has 0 aliphatic rings. The second-order valence-electron chi connectivity index (χ2n) is 4.72. The Balaban J connectivity index is 2.50. The summed E-state index contributed by atoms with van der Waals surface area (Å²) in [5, 5.41) is 5.38. The zero-order valence-corrected chi connectivity index (χ0v) is 11.9. The summed E-state index contributed by atoms with van der Waals surface area (Å²) in [6.07, 6.45) is 1.14. The van der Waals surface area contributed by atoms with Crippen LogP contribution in [0.3, 0.4) is 0 Å². The summed E-state index contributed by atoms with van der Waals surface area (Å²) in [7, 11) is 0. The molecule has 0 fully saturated rings. The van der Waals surface area contributed by atoms with E-state index in [0.717, 1.165) is 46.7 Å². The molecule has 0 aliphatic heterocycles. The number of pyridine rings is 1. The summed E-state index contributed by atoms with van der Waals surface area (Å²) in [6.45, 7) is 8.17. The molecule has 0 atom stereocenters. The average molecular weight is 263 g/mol. The number of nitrogens with one attached hydrogen (secondary N) is 1. The molecule has 0 unspecified atom stereocenters. The van der Waals surface area contributed by atoms with Gasteiger partial charge >= 0.3 is 0 Å². The smallest absolute Gasteiger partial charge is 0.0738 e. The monoisotopic (exact) mass is 262 g/mol. The van der Waals surface area contributed by atoms with Crippen molar-refractivity contribution in [3.8, 4) is 0 Å². The zero-order chi connectivity index (χ0) is 13.1. The van der Waals surface area contributed by atoms with Crippen molar-refractivity contribution in [3.63, 3.8) is 0 Å². The van der Waals surface area contributed by atoms with Crippen LogP contribution in [0.4, 0.5) is 0 Å². The Bertz CT molecular complexity index is 564. The van der Waals surface area contributed by atoms with Crippen LogP contribution < -0.4 is 5.32 Å². The molecule has 0 aliphatic carbocycles. The second kappa shape index (κ2) is 5.68. The molecule has 0 saturated heterocycles. The van der Waals surface area contributed by atoms with Crippen molar-refractivity contribution >= 4 is 22.5 Å². The van der Waals surface area contributed by atoms with Gasteiger partial charge in [0.05, 0.1) is 5.52 Å². The van der Waals surface area contributed by atoms with Gasteiger partial charge < -0.3 is 5.32 Å². The minimum atomic E-state index is 0.780. The zero-order valence-electron chi connectivity index (χ0n) is 11.2. The number of hydrogen-bond acceptors (Lipinski definition) is 2. The minimum absolute atomic E-state index is 0.780. The van der Waals surface area contributed by atoms with Crippen LogP contribution in [0.5, 0.6) is 0 Å². The van der Waals surface area contributed by atoms with E-state index in [0.29, 0.717) is 0 Å². The molecule has 1 heterocycles. The molecule has 96 valence electrons. The largest absolute Gasteiger partial charge is 0.313 e. The Morgan fingerprint density at radius 1 is 1.22 bits per heavy atom. The maximum absolute atomic E-state index is 6.15. The fraction of sp³-hybridized carbons (Fsp3) is 0.400. The van der Waals surface area contributed by atoms with Crippen molar-refractivity contribution in [1.82, 2.24) is 10.3 Å². The third kappa shape index (κ3) is 2.82. The summed E-state index contributed by atoms with van der Waals surface area (Å²) < 4.78 is 0. The van der Waals surface area contributed by atoms with Crippen molar-refractivity contribution in [1.29, 1.82) is 0 Å². The molecule has 2 nitrogen and oxygen atoms in total. The van der Waals surface area contributed by atoms with Gasteiger partial charge in [0.2, 0.25) is 0 Å². The van der Waals surface area contributed by atoms with E-state index in [1.807, 2.05) is 19.1 Å². The molecule has 0 radical (unpaired) electrons. The van der Waals surface area contributed by atoms with Gasteiger partial charge in [0.25, 0.3) is 0 Å². The SMILES string of the molecule is CCCNCc1cc(C)nc2c(C)cc(Cl)cc12. The number of halogens is 1. The van der Waals surface area contributed by atoms with Crippen LogP contribution in [0, 0.1) is 13.8 Å². The van der Waals surface area contributed by atoms with Crippen molar-refractivity contribution in [2.75, 3.05) is 6.54 Å². The standard InChI is InChI=1S/C15H19ClN2/c1-4-5-17-9-12-7-11(3)18-15-10(2)6-13(16)8-14(12)15/h6-8,17H,4-5,9H2,1-3H3. The van der Waals surface area contributed by atoms with E-state index >= 15 is 0 Å². The van der Waals surface area contributed by atoms with Crippen molar-refractivity contribution < 1.29 is 0 Å². The number of fused-ring (bicyclic) bond motifs is 1. The maximum Gasteiger partial charge on any atom is 0.0738 e. The number of aryl methyl sites for hydroxylation is 2. The van der Waals surface area contributed by atoms with Crippen molar-refractivity contribution in [2.24, 2.45) is 0 Å². The number of hydrogen-bond donors (Lipinski definition) is 1. The van der Waals surface area contributed by atoms with Crippen LogP contribution in [-0.2, 0) is 6.54 Å². The van der Waals surface area contributed by atoms with Gasteiger partial charge in [-0.1, -0.05) is 18.5 Å². The first-order chi connectivity index (χ1) is 8.61. The molecule has 0 bridgehead atoms. The predicted molar refractivity (Wildman–Crippen MR) is 78.2 cm³/mol. The first-order valence-electron chi connectivity index (χ1n) is 6.39. The number of benzene rings is 1. The molecule has 2 aromatic rings. The lowest BCUT2D eigenvalue weighted by atomic mass is 10.0. The van der Waals surface area contributed by atoms with Crippen LogP contribution in [-0.4, -0.2) is 11.5 Å². The van der Waals surface area contributed by atoms with Gasteiger partial charge in [-0.25, -0.2) is 0 Å². The maximum atomic E-state index is 6.15. The van der Waals surface area contributed by atoms with E-state index in [1.54, 1.807) is 0 Å². The molecule has 3 heteroatoms. The Labute approximate surface area is 113 Å². The molecule has 0 spiro atoms. The molecular formula is C15H19ClN2. The minimum Gasteiger partial charge on any atom is -0.313 e. The van der Waals surface area contributed by atoms with Gasteiger partial charge in [-0.05, 0) is 56.1 Å². The van der Waals surface area contributed by atoms with E-state index in [4.69, 9.17) is 11.6 Å². The molecule has 18 heavy (non-hydrogen) atoms. The molecule has 1 N–H and O–H groups in total. The lowest BCUT2D eigenvalue weighted by molar-refractivity contribution is 0.677. The quantitative estimate of drug-likeness (QED) is 0.843. The van der Waals surface area contributed by atoms with Gasteiger partial charge in [-0.2, -0.15) is 0 Å². The molecule has 1 aromatic carbocycles. The first kappa shape index (κ1) is 13.3. The van der Waals surface area contributed by atoms with Gasteiger partial charge in [0.15, 0.2) is 0 Å². The van der Waals surface area contributed by atoms with Gasteiger partial charge in [-0.3, -0.25) is 4.98 Å². The van der Waals surface area contributed by atoms with E-state index in [-0.39, 0.29) is 0 Å². The third-order valence-corrected chi connectivity index (χ3v) is 3.24. The Morgan fingerprint density at radius 2 is 2.00 bits per heavy atom. The van der Waals surface area contributed by atoms with Crippen molar-refractivity contribution in [2.45, 2.75) is 33.7 Å². The van der Waals surface area contributed by atoms with E-state index in [2.05, 4.69) is 30.2 Å². The van der Waals surface area contributed by atoms with Crippen LogP contribution in [0.2, 0.25) is 5.02 Å². The van der Waals surface area contributed by atoms with Crippen LogP contribution in [0.1, 0.15) is 30.2 Å².